The lowest BCUT2D eigenvalue weighted by Gasteiger charge is -2.11. The van der Waals surface area contributed by atoms with Crippen molar-refractivity contribution < 1.29 is 9.59 Å². The van der Waals surface area contributed by atoms with Gasteiger partial charge in [-0.25, -0.2) is 0 Å². The van der Waals surface area contributed by atoms with Crippen molar-refractivity contribution >= 4 is 11.6 Å². The monoisotopic (exact) mass is 197 g/mol. The summed E-state index contributed by atoms with van der Waals surface area (Å²) in [5.41, 5.74) is 0. The topological polar surface area (TPSA) is 37.4 Å². The van der Waals surface area contributed by atoms with E-state index in [1.807, 2.05) is 25.8 Å². The molecule has 0 fully saturated rings. The molecular formula is C11H19NO2. The Kier molecular flexibility index (Phi) is 6.04. The first kappa shape index (κ1) is 13.0. The minimum atomic E-state index is 0.0457. The smallest absolute Gasteiger partial charge is 0.157 e. The Morgan fingerprint density at radius 3 is 2.36 bits per heavy atom. The summed E-state index contributed by atoms with van der Waals surface area (Å²) in [6.07, 6.45) is 3.38. The molecule has 0 spiro atoms. The zero-order valence-electron chi connectivity index (χ0n) is 9.41. The summed E-state index contributed by atoms with van der Waals surface area (Å²) >= 11 is 0. The molecule has 0 N–H and O–H groups in total. The van der Waals surface area contributed by atoms with Gasteiger partial charge in [-0.2, -0.15) is 0 Å². The number of rotatable bonds is 6. The maximum absolute atomic E-state index is 11.2. The Bertz CT molecular complexity index is 231. The van der Waals surface area contributed by atoms with Gasteiger partial charge in [-0.05, 0) is 20.0 Å². The number of ketones is 2. The SMILES string of the molecule is CC(=O)CN(C)C/C=C/C(=O)C(C)C. The van der Waals surface area contributed by atoms with Crippen LogP contribution in [0.4, 0.5) is 0 Å². The highest BCUT2D eigenvalue weighted by Gasteiger charge is 2.02. The highest BCUT2D eigenvalue weighted by Crippen LogP contribution is 1.95. The fraction of sp³-hybridized carbons (Fsp3) is 0.636. The molecule has 0 rings (SSSR count). The van der Waals surface area contributed by atoms with E-state index in [1.54, 1.807) is 19.1 Å². The van der Waals surface area contributed by atoms with Crippen molar-refractivity contribution in [2.45, 2.75) is 20.8 Å². The second-order valence-electron chi connectivity index (χ2n) is 3.86. The van der Waals surface area contributed by atoms with Crippen LogP contribution < -0.4 is 0 Å². The Morgan fingerprint density at radius 1 is 1.36 bits per heavy atom. The van der Waals surface area contributed by atoms with Crippen LogP contribution in [0, 0.1) is 5.92 Å². The number of Topliss-reactive ketones (excluding diaryl/α,β-unsaturated/α-hetero) is 1. The number of carbonyl (C=O) groups is 2. The first-order chi connectivity index (χ1) is 6.43. The first-order valence-corrected chi connectivity index (χ1v) is 4.82. The van der Waals surface area contributed by atoms with E-state index >= 15 is 0 Å². The molecule has 0 bridgehead atoms. The minimum Gasteiger partial charge on any atom is -0.299 e. The van der Waals surface area contributed by atoms with Crippen LogP contribution in [0.15, 0.2) is 12.2 Å². The molecule has 0 heterocycles. The predicted octanol–water partition coefficient (Wildman–Crippen LogP) is 1.29. The van der Waals surface area contributed by atoms with Crippen LogP contribution in [-0.4, -0.2) is 36.6 Å². The number of likely N-dealkylation sites (N-methyl/N-ethyl adjacent to an activating group) is 1. The predicted molar refractivity (Wildman–Crippen MR) is 57.2 cm³/mol. The standard InChI is InChI=1S/C11H19NO2/c1-9(2)11(14)6-5-7-12(4)8-10(3)13/h5-6,9H,7-8H2,1-4H3/b6-5+. The summed E-state index contributed by atoms with van der Waals surface area (Å²) in [6.45, 7) is 6.36. The molecule has 0 aliphatic heterocycles. The summed E-state index contributed by atoms with van der Waals surface area (Å²) in [4.78, 5) is 23.8. The average Bonchev–Trinajstić information content (AvgIpc) is 2.02. The number of nitrogens with zero attached hydrogens (tertiary/aromatic N) is 1. The number of hydrogen-bond donors (Lipinski definition) is 0. The van der Waals surface area contributed by atoms with Crippen molar-refractivity contribution in [1.82, 2.24) is 4.90 Å². The molecule has 0 aliphatic carbocycles. The lowest BCUT2D eigenvalue weighted by atomic mass is 10.1. The Morgan fingerprint density at radius 2 is 1.93 bits per heavy atom. The summed E-state index contributed by atoms with van der Waals surface area (Å²) in [6, 6.07) is 0. The third-order valence-electron chi connectivity index (χ3n) is 1.76. The van der Waals surface area contributed by atoms with Gasteiger partial charge in [-0.1, -0.05) is 19.9 Å². The Labute approximate surface area is 85.8 Å². The molecule has 0 amide bonds. The Hall–Kier alpha value is -0.960. The van der Waals surface area contributed by atoms with Crippen LogP contribution in [0.1, 0.15) is 20.8 Å². The lowest BCUT2D eigenvalue weighted by molar-refractivity contribution is -0.118. The number of hydrogen-bond acceptors (Lipinski definition) is 3. The van der Waals surface area contributed by atoms with E-state index in [9.17, 15) is 9.59 Å². The van der Waals surface area contributed by atoms with Gasteiger partial charge in [0.15, 0.2) is 5.78 Å². The fourth-order valence-corrected chi connectivity index (χ4v) is 0.986. The van der Waals surface area contributed by atoms with Crippen molar-refractivity contribution in [3.05, 3.63) is 12.2 Å². The van der Waals surface area contributed by atoms with E-state index in [2.05, 4.69) is 0 Å². The summed E-state index contributed by atoms with van der Waals surface area (Å²) < 4.78 is 0. The summed E-state index contributed by atoms with van der Waals surface area (Å²) in [5, 5.41) is 0. The normalized spacial score (nSPS) is 11.6. The first-order valence-electron chi connectivity index (χ1n) is 4.82. The highest BCUT2D eigenvalue weighted by atomic mass is 16.1. The van der Waals surface area contributed by atoms with Crippen molar-refractivity contribution in [2.75, 3.05) is 20.1 Å². The second kappa shape index (κ2) is 6.49. The molecule has 0 atom stereocenters. The van der Waals surface area contributed by atoms with Gasteiger partial charge in [0.25, 0.3) is 0 Å². The van der Waals surface area contributed by atoms with Gasteiger partial charge in [0.1, 0.15) is 5.78 Å². The zero-order valence-corrected chi connectivity index (χ0v) is 9.41. The van der Waals surface area contributed by atoms with E-state index in [0.717, 1.165) is 0 Å². The van der Waals surface area contributed by atoms with Gasteiger partial charge < -0.3 is 0 Å². The van der Waals surface area contributed by atoms with E-state index in [0.29, 0.717) is 13.1 Å². The molecule has 0 radical (unpaired) electrons. The molecule has 3 nitrogen and oxygen atoms in total. The molecule has 0 saturated carbocycles. The van der Waals surface area contributed by atoms with E-state index < -0.39 is 0 Å². The summed E-state index contributed by atoms with van der Waals surface area (Å²) in [7, 11) is 1.85. The molecule has 14 heavy (non-hydrogen) atoms. The van der Waals surface area contributed by atoms with E-state index in [1.165, 1.54) is 0 Å². The van der Waals surface area contributed by atoms with Crippen LogP contribution >= 0.6 is 0 Å². The van der Waals surface area contributed by atoms with Gasteiger partial charge in [-0.15, -0.1) is 0 Å². The second-order valence-corrected chi connectivity index (χ2v) is 3.86. The molecule has 0 aromatic rings. The van der Waals surface area contributed by atoms with Gasteiger partial charge >= 0.3 is 0 Å². The molecule has 0 aromatic carbocycles. The van der Waals surface area contributed by atoms with Crippen LogP contribution in [0.5, 0.6) is 0 Å². The maximum atomic E-state index is 11.2. The van der Waals surface area contributed by atoms with Gasteiger partial charge in [0, 0.05) is 12.5 Å². The largest absolute Gasteiger partial charge is 0.299 e. The van der Waals surface area contributed by atoms with Crippen molar-refractivity contribution in [3.8, 4) is 0 Å². The van der Waals surface area contributed by atoms with Crippen LogP contribution in [0.25, 0.3) is 0 Å². The third kappa shape index (κ3) is 6.54. The zero-order chi connectivity index (χ0) is 11.1. The lowest BCUT2D eigenvalue weighted by Crippen LogP contribution is -2.24. The van der Waals surface area contributed by atoms with Crippen LogP contribution in [0.3, 0.4) is 0 Å². The van der Waals surface area contributed by atoms with Gasteiger partial charge in [0.05, 0.1) is 6.54 Å². The molecule has 0 aliphatic rings. The van der Waals surface area contributed by atoms with Crippen LogP contribution in [-0.2, 0) is 9.59 Å². The molecular weight excluding hydrogens is 178 g/mol. The number of allylic oxidation sites excluding steroid dienone is 1. The van der Waals surface area contributed by atoms with Crippen LogP contribution in [0.2, 0.25) is 0 Å². The van der Waals surface area contributed by atoms with E-state index in [-0.39, 0.29) is 17.5 Å². The van der Waals surface area contributed by atoms with E-state index in [4.69, 9.17) is 0 Å². The number of carbonyl (C=O) groups excluding carboxylic acids is 2. The average molecular weight is 197 g/mol. The van der Waals surface area contributed by atoms with Gasteiger partial charge in [-0.3, -0.25) is 14.5 Å². The molecule has 0 saturated heterocycles. The molecule has 3 heteroatoms. The third-order valence-corrected chi connectivity index (χ3v) is 1.76. The van der Waals surface area contributed by atoms with Crippen molar-refractivity contribution in [3.63, 3.8) is 0 Å². The highest BCUT2D eigenvalue weighted by molar-refractivity contribution is 5.91. The van der Waals surface area contributed by atoms with Gasteiger partial charge in [0.2, 0.25) is 0 Å². The molecule has 0 aromatic heterocycles. The Balaban J connectivity index is 3.81. The molecule has 0 unspecified atom stereocenters. The van der Waals surface area contributed by atoms with Crippen molar-refractivity contribution in [2.24, 2.45) is 5.92 Å². The molecule has 80 valence electrons. The quantitative estimate of drug-likeness (QED) is 0.602. The summed E-state index contributed by atoms with van der Waals surface area (Å²) in [5.74, 6) is 0.307. The maximum Gasteiger partial charge on any atom is 0.157 e. The van der Waals surface area contributed by atoms with Crippen molar-refractivity contribution in [1.29, 1.82) is 0 Å². The minimum absolute atomic E-state index is 0.0457. The fourth-order valence-electron chi connectivity index (χ4n) is 0.986.